The molecule has 0 fully saturated rings. The van der Waals surface area contributed by atoms with E-state index in [4.69, 9.17) is 0 Å². The molecule has 1 N–H and O–H groups in total. The molecule has 14 heavy (non-hydrogen) atoms. The van der Waals surface area contributed by atoms with Crippen molar-refractivity contribution in [1.29, 1.82) is 0 Å². The molecular weight excluding hydrogens is 295 g/mol. The lowest BCUT2D eigenvalue weighted by atomic mass is 10.2. The van der Waals surface area contributed by atoms with Crippen molar-refractivity contribution in [2.75, 3.05) is 7.11 Å². The highest BCUT2D eigenvalue weighted by Crippen LogP contribution is 2.21. The van der Waals surface area contributed by atoms with Crippen LogP contribution in [0.5, 0.6) is 0 Å². The van der Waals surface area contributed by atoms with Gasteiger partial charge in [0.05, 0.1) is 28.1 Å². The van der Waals surface area contributed by atoms with Gasteiger partial charge in [0.15, 0.2) is 0 Å². The van der Waals surface area contributed by atoms with Gasteiger partial charge >= 0.3 is 5.97 Å². The van der Waals surface area contributed by atoms with Gasteiger partial charge in [0, 0.05) is 0 Å². The average molecular weight is 302 g/mol. The lowest BCUT2D eigenvalue weighted by Crippen LogP contribution is -2.03. The van der Waals surface area contributed by atoms with Gasteiger partial charge < -0.3 is 9.72 Å². The van der Waals surface area contributed by atoms with E-state index in [0.717, 1.165) is 14.6 Å². The molecule has 1 aromatic heterocycles. The third-order valence-corrected chi connectivity index (χ3v) is 3.03. The Morgan fingerprint density at radius 3 is 3.07 bits per heavy atom. The van der Waals surface area contributed by atoms with E-state index in [2.05, 4.69) is 37.3 Å². The number of nitrogens with one attached hydrogen (secondary N) is 1. The van der Waals surface area contributed by atoms with Crippen LogP contribution in [0.25, 0.3) is 11.0 Å². The third kappa shape index (κ3) is 1.37. The number of halogens is 1. The second-order valence-electron chi connectivity index (χ2n) is 2.72. The predicted octanol–water partition coefficient (Wildman–Crippen LogP) is 1.95. The molecule has 0 saturated carbocycles. The molecule has 0 amide bonds. The van der Waals surface area contributed by atoms with E-state index in [0.29, 0.717) is 5.56 Å². The summed E-state index contributed by atoms with van der Waals surface area (Å²) in [5.74, 6) is -0.334. The smallest absolute Gasteiger partial charge is 0.339 e. The predicted molar refractivity (Wildman–Crippen MR) is 60.2 cm³/mol. The molecule has 4 nitrogen and oxygen atoms in total. The Bertz CT molecular complexity index is 493. The van der Waals surface area contributed by atoms with Crippen molar-refractivity contribution in [2.45, 2.75) is 0 Å². The average Bonchev–Trinajstić information content (AvgIpc) is 2.66. The van der Waals surface area contributed by atoms with Crippen LogP contribution in [0.1, 0.15) is 10.4 Å². The van der Waals surface area contributed by atoms with E-state index >= 15 is 0 Å². The van der Waals surface area contributed by atoms with Crippen LogP contribution in [0.3, 0.4) is 0 Å². The molecule has 5 heteroatoms. The fraction of sp³-hybridized carbons (Fsp3) is 0.111. The second-order valence-corrected chi connectivity index (χ2v) is 3.80. The largest absolute Gasteiger partial charge is 0.465 e. The third-order valence-electron chi connectivity index (χ3n) is 1.94. The zero-order valence-corrected chi connectivity index (χ0v) is 9.53. The van der Waals surface area contributed by atoms with Gasteiger partial charge in [0.1, 0.15) is 5.52 Å². The van der Waals surface area contributed by atoms with E-state index < -0.39 is 0 Å². The van der Waals surface area contributed by atoms with Gasteiger partial charge in [-0.15, -0.1) is 0 Å². The van der Waals surface area contributed by atoms with Crippen LogP contribution in [-0.2, 0) is 4.74 Å². The number of rotatable bonds is 1. The molecule has 0 spiro atoms. The number of hydrogen-bond donors (Lipinski definition) is 1. The maximum absolute atomic E-state index is 11.3. The van der Waals surface area contributed by atoms with Gasteiger partial charge in [0.2, 0.25) is 0 Å². The number of methoxy groups -OCH3 is 1. The molecule has 0 aliphatic carbocycles. The van der Waals surface area contributed by atoms with E-state index in [1.165, 1.54) is 7.11 Å². The zero-order chi connectivity index (χ0) is 10.1. The molecule has 0 radical (unpaired) electrons. The number of ether oxygens (including phenoxy) is 1. The van der Waals surface area contributed by atoms with Gasteiger partial charge in [-0.1, -0.05) is 0 Å². The summed E-state index contributed by atoms with van der Waals surface area (Å²) in [6.07, 6.45) is 1.61. The summed E-state index contributed by atoms with van der Waals surface area (Å²) >= 11 is 2.09. The van der Waals surface area contributed by atoms with Crippen molar-refractivity contribution in [3.8, 4) is 0 Å². The SMILES string of the molecule is COC(=O)c1ccc2[nH]cnc2c1I. The van der Waals surface area contributed by atoms with Crippen molar-refractivity contribution in [3.05, 3.63) is 27.6 Å². The maximum Gasteiger partial charge on any atom is 0.339 e. The minimum absolute atomic E-state index is 0.334. The van der Waals surface area contributed by atoms with Crippen molar-refractivity contribution in [3.63, 3.8) is 0 Å². The van der Waals surface area contributed by atoms with Crippen LogP contribution in [0.4, 0.5) is 0 Å². The Labute approximate surface area is 93.8 Å². The van der Waals surface area contributed by atoms with Crippen LogP contribution in [-0.4, -0.2) is 23.0 Å². The van der Waals surface area contributed by atoms with E-state index in [1.807, 2.05) is 6.07 Å². The van der Waals surface area contributed by atoms with Crippen LogP contribution in [0, 0.1) is 3.57 Å². The summed E-state index contributed by atoms with van der Waals surface area (Å²) in [4.78, 5) is 18.4. The van der Waals surface area contributed by atoms with Gasteiger partial charge in [-0.2, -0.15) is 0 Å². The topological polar surface area (TPSA) is 55.0 Å². The van der Waals surface area contributed by atoms with Gasteiger partial charge in [0.25, 0.3) is 0 Å². The first-order valence-corrected chi connectivity index (χ1v) is 5.02. The van der Waals surface area contributed by atoms with E-state index in [-0.39, 0.29) is 5.97 Å². The minimum atomic E-state index is -0.334. The van der Waals surface area contributed by atoms with Crippen LogP contribution < -0.4 is 0 Å². The number of H-pyrrole nitrogens is 1. The van der Waals surface area contributed by atoms with Crippen LogP contribution in [0.15, 0.2) is 18.5 Å². The molecule has 2 rings (SSSR count). The fourth-order valence-electron chi connectivity index (χ4n) is 1.24. The van der Waals surface area contributed by atoms with Crippen molar-refractivity contribution in [2.24, 2.45) is 0 Å². The molecular formula is C9H7IN2O2. The number of carbonyl (C=O) groups excluding carboxylic acids is 1. The first-order valence-electron chi connectivity index (χ1n) is 3.94. The highest BCUT2D eigenvalue weighted by Gasteiger charge is 2.13. The number of fused-ring (bicyclic) bond motifs is 1. The highest BCUT2D eigenvalue weighted by molar-refractivity contribution is 14.1. The Morgan fingerprint density at radius 2 is 2.36 bits per heavy atom. The minimum Gasteiger partial charge on any atom is -0.465 e. The number of aromatic amines is 1. The standard InChI is InChI=1S/C9H7IN2O2/c1-14-9(13)5-2-3-6-8(7(5)10)12-4-11-6/h2-4H,1H3,(H,11,12). The number of carbonyl (C=O) groups is 1. The molecule has 0 bridgehead atoms. The van der Waals surface area contributed by atoms with Gasteiger partial charge in [-0.25, -0.2) is 9.78 Å². The van der Waals surface area contributed by atoms with Crippen molar-refractivity contribution >= 4 is 39.6 Å². The molecule has 0 saturated heterocycles. The number of hydrogen-bond acceptors (Lipinski definition) is 3. The summed E-state index contributed by atoms with van der Waals surface area (Å²) < 4.78 is 5.47. The van der Waals surface area contributed by atoms with Crippen LogP contribution in [0.2, 0.25) is 0 Å². The lowest BCUT2D eigenvalue weighted by molar-refractivity contribution is 0.0599. The summed E-state index contributed by atoms with van der Waals surface area (Å²) in [5, 5.41) is 0. The molecule has 72 valence electrons. The monoisotopic (exact) mass is 302 g/mol. The maximum atomic E-state index is 11.3. The Morgan fingerprint density at radius 1 is 1.57 bits per heavy atom. The summed E-state index contributed by atoms with van der Waals surface area (Å²) in [6.45, 7) is 0. The van der Waals surface area contributed by atoms with Gasteiger partial charge in [-0.3, -0.25) is 0 Å². The van der Waals surface area contributed by atoms with Gasteiger partial charge in [-0.05, 0) is 34.7 Å². The molecule has 2 aromatic rings. The molecule has 1 aromatic carbocycles. The summed E-state index contributed by atoms with van der Waals surface area (Å²) in [5.41, 5.74) is 2.27. The Kier molecular flexibility index (Phi) is 2.40. The zero-order valence-electron chi connectivity index (χ0n) is 7.37. The van der Waals surface area contributed by atoms with Crippen molar-refractivity contribution in [1.82, 2.24) is 9.97 Å². The number of imidazole rings is 1. The quantitative estimate of drug-likeness (QED) is 0.647. The number of nitrogens with zero attached hydrogens (tertiary/aromatic N) is 1. The van der Waals surface area contributed by atoms with E-state index in [9.17, 15) is 4.79 Å². The fourth-order valence-corrected chi connectivity index (χ4v) is 2.07. The number of benzene rings is 1. The highest BCUT2D eigenvalue weighted by atomic mass is 127. The van der Waals surface area contributed by atoms with Crippen LogP contribution >= 0.6 is 22.6 Å². The van der Waals surface area contributed by atoms with E-state index in [1.54, 1.807) is 12.4 Å². The molecule has 0 aliphatic heterocycles. The molecule has 0 aliphatic rings. The first-order chi connectivity index (χ1) is 6.74. The lowest BCUT2D eigenvalue weighted by Gasteiger charge is -2.01. The number of esters is 1. The molecule has 0 atom stereocenters. The van der Waals surface area contributed by atoms with Crippen molar-refractivity contribution < 1.29 is 9.53 Å². The molecule has 1 heterocycles. The first kappa shape index (κ1) is 9.45. The second kappa shape index (κ2) is 3.56. The number of aromatic nitrogens is 2. The summed E-state index contributed by atoms with van der Waals surface area (Å²) in [6, 6.07) is 3.55. The normalized spacial score (nSPS) is 10.4. The Balaban J connectivity index is 2.67. The Hall–Kier alpha value is -1.11. The summed E-state index contributed by atoms with van der Waals surface area (Å²) in [7, 11) is 1.37. The molecule has 0 unspecified atom stereocenters.